The summed E-state index contributed by atoms with van der Waals surface area (Å²) in [4.78, 5) is 13.5. The van der Waals surface area contributed by atoms with Crippen LogP contribution in [0.25, 0.3) is 0 Å². The van der Waals surface area contributed by atoms with E-state index in [-0.39, 0.29) is 10.6 Å². The maximum atomic E-state index is 11.2. The fraction of sp³-hybridized carbons (Fsp3) is 0.625. The third kappa shape index (κ3) is 3.53. The molecule has 2 aliphatic rings. The number of nitro groups is 1. The van der Waals surface area contributed by atoms with E-state index in [0.717, 1.165) is 24.6 Å². The molecule has 0 atom stereocenters. The number of hydrogen-bond acceptors (Lipinski definition) is 4. The molecule has 0 amide bonds. The molecular weight excluding hydrogens is 266 g/mol. The fourth-order valence-electron chi connectivity index (χ4n) is 2.88. The highest BCUT2D eigenvalue weighted by Gasteiger charge is 2.34. The Balaban J connectivity index is 1.81. The van der Waals surface area contributed by atoms with Gasteiger partial charge in [-0.15, -0.1) is 0 Å². The van der Waals surface area contributed by atoms with Gasteiger partial charge in [-0.3, -0.25) is 15.0 Å². The van der Waals surface area contributed by atoms with Gasteiger partial charge in [0, 0.05) is 31.7 Å². The number of anilines is 1. The zero-order chi connectivity index (χ0) is 14.8. The lowest BCUT2D eigenvalue weighted by molar-refractivity contribution is -0.384. The molecular formula is C16H23N3O2. The van der Waals surface area contributed by atoms with Gasteiger partial charge >= 0.3 is 0 Å². The number of nitrogens with one attached hydrogen (secondary N) is 1. The lowest BCUT2D eigenvalue weighted by Crippen LogP contribution is -2.28. The molecule has 2 saturated carbocycles. The number of hydrogen-bond donors (Lipinski definition) is 1. The number of benzene rings is 1. The van der Waals surface area contributed by atoms with Gasteiger partial charge < -0.3 is 5.32 Å². The minimum absolute atomic E-state index is 0.191. The van der Waals surface area contributed by atoms with Gasteiger partial charge in [-0.1, -0.05) is 12.1 Å². The van der Waals surface area contributed by atoms with Crippen LogP contribution in [-0.4, -0.2) is 29.0 Å². The van der Waals surface area contributed by atoms with Crippen LogP contribution in [0.3, 0.4) is 0 Å². The van der Waals surface area contributed by atoms with E-state index in [1.54, 1.807) is 12.1 Å². The first-order valence-corrected chi connectivity index (χ1v) is 7.93. The molecule has 1 aromatic carbocycles. The second kappa shape index (κ2) is 6.02. The van der Waals surface area contributed by atoms with Gasteiger partial charge in [-0.2, -0.15) is 0 Å². The Kier molecular flexibility index (Phi) is 4.10. The van der Waals surface area contributed by atoms with Crippen molar-refractivity contribution in [2.45, 2.75) is 45.2 Å². The van der Waals surface area contributed by atoms with Crippen molar-refractivity contribution in [3.8, 4) is 0 Å². The standard InChI is InChI=1S/C16H23N3O2/c1-2-17-16-13(4-3-5-15(16)19(20)21)11-18(14-8-9-14)10-12-6-7-12/h3-5,12,14,17H,2,6-11H2,1H3. The Morgan fingerprint density at radius 3 is 2.67 bits per heavy atom. The molecule has 0 aliphatic heterocycles. The Morgan fingerprint density at radius 2 is 2.10 bits per heavy atom. The molecule has 1 N–H and O–H groups in total. The highest BCUT2D eigenvalue weighted by atomic mass is 16.6. The minimum atomic E-state index is -0.288. The van der Waals surface area contributed by atoms with E-state index in [9.17, 15) is 10.1 Å². The smallest absolute Gasteiger partial charge is 0.292 e. The van der Waals surface area contributed by atoms with Crippen molar-refractivity contribution in [2.24, 2.45) is 5.92 Å². The topological polar surface area (TPSA) is 58.4 Å². The first-order valence-electron chi connectivity index (χ1n) is 7.93. The van der Waals surface area contributed by atoms with Crippen LogP contribution in [-0.2, 0) is 6.54 Å². The molecule has 21 heavy (non-hydrogen) atoms. The van der Waals surface area contributed by atoms with Gasteiger partial charge in [-0.05, 0) is 44.1 Å². The second-order valence-electron chi connectivity index (χ2n) is 6.20. The van der Waals surface area contributed by atoms with E-state index >= 15 is 0 Å². The lowest BCUT2D eigenvalue weighted by atomic mass is 10.1. The van der Waals surface area contributed by atoms with Gasteiger partial charge in [0.2, 0.25) is 0 Å². The van der Waals surface area contributed by atoms with Gasteiger partial charge in [0.1, 0.15) is 5.69 Å². The number of para-hydroxylation sites is 1. The van der Waals surface area contributed by atoms with Gasteiger partial charge in [0.15, 0.2) is 0 Å². The summed E-state index contributed by atoms with van der Waals surface area (Å²) >= 11 is 0. The molecule has 0 saturated heterocycles. The third-order valence-corrected chi connectivity index (χ3v) is 4.31. The number of nitrogens with zero attached hydrogens (tertiary/aromatic N) is 2. The highest BCUT2D eigenvalue weighted by molar-refractivity contribution is 5.66. The molecule has 0 bridgehead atoms. The van der Waals surface area contributed by atoms with E-state index in [1.165, 1.54) is 25.7 Å². The molecule has 0 unspecified atom stereocenters. The van der Waals surface area contributed by atoms with Gasteiger partial charge in [-0.25, -0.2) is 0 Å². The van der Waals surface area contributed by atoms with Gasteiger partial charge in [0.05, 0.1) is 4.92 Å². The zero-order valence-corrected chi connectivity index (χ0v) is 12.5. The van der Waals surface area contributed by atoms with E-state index in [2.05, 4.69) is 10.2 Å². The maximum absolute atomic E-state index is 11.2. The fourth-order valence-corrected chi connectivity index (χ4v) is 2.88. The van der Waals surface area contributed by atoms with Crippen molar-refractivity contribution in [3.05, 3.63) is 33.9 Å². The van der Waals surface area contributed by atoms with Crippen molar-refractivity contribution in [1.29, 1.82) is 0 Å². The summed E-state index contributed by atoms with van der Waals surface area (Å²) in [7, 11) is 0. The lowest BCUT2D eigenvalue weighted by Gasteiger charge is -2.23. The van der Waals surface area contributed by atoms with Crippen LogP contribution in [0.15, 0.2) is 18.2 Å². The van der Waals surface area contributed by atoms with Crippen molar-refractivity contribution in [3.63, 3.8) is 0 Å². The zero-order valence-electron chi connectivity index (χ0n) is 12.5. The van der Waals surface area contributed by atoms with Crippen LogP contribution in [0.4, 0.5) is 11.4 Å². The van der Waals surface area contributed by atoms with Crippen molar-refractivity contribution < 1.29 is 4.92 Å². The Labute approximate surface area is 125 Å². The molecule has 0 heterocycles. The molecule has 5 heteroatoms. The van der Waals surface area contributed by atoms with Crippen LogP contribution >= 0.6 is 0 Å². The Hall–Kier alpha value is -1.62. The SMILES string of the molecule is CCNc1c(CN(CC2CC2)C2CC2)cccc1[N+](=O)[O-]. The quantitative estimate of drug-likeness (QED) is 0.588. The monoisotopic (exact) mass is 289 g/mol. The molecule has 0 radical (unpaired) electrons. The highest BCUT2D eigenvalue weighted by Crippen LogP contribution is 2.37. The number of rotatable bonds is 8. The van der Waals surface area contributed by atoms with E-state index in [1.807, 2.05) is 13.0 Å². The Morgan fingerprint density at radius 1 is 1.33 bits per heavy atom. The van der Waals surface area contributed by atoms with Gasteiger partial charge in [0.25, 0.3) is 5.69 Å². The summed E-state index contributed by atoms with van der Waals surface area (Å²) < 4.78 is 0. The van der Waals surface area contributed by atoms with E-state index in [0.29, 0.717) is 18.3 Å². The summed E-state index contributed by atoms with van der Waals surface area (Å²) in [6, 6.07) is 6.10. The van der Waals surface area contributed by atoms with Crippen LogP contribution < -0.4 is 5.32 Å². The first-order chi connectivity index (χ1) is 10.2. The average Bonchev–Trinajstić information content (AvgIpc) is 3.33. The van der Waals surface area contributed by atoms with Crippen LogP contribution in [0.5, 0.6) is 0 Å². The molecule has 1 aromatic rings. The molecule has 114 valence electrons. The molecule has 5 nitrogen and oxygen atoms in total. The normalized spacial score (nSPS) is 18.0. The first kappa shape index (κ1) is 14.3. The van der Waals surface area contributed by atoms with Crippen LogP contribution in [0.1, 0.15) is 38.2 Å². The second-order valence-corrected chi connectivity index (χ2v) is 6.20. The Bertz CT molecular complexity index is 524. The summed E-state index contributed by atoms with van der Waals surface area (Å²) in [6.45, 7) is 4.65. The number of nitro benzene ring substituents is 1. The molecule has 0 aromatic heterocycles. The van der Waals surface area contributed by atoms with E-state index < -0.39 is 0 Å². The predicted molar refractivity (Wildman–Crippen MR) is 83.4 cm³/mol. The summed E-state index contributed by atoms with van der Waals surface area (Å²) in [5.41, 5.74) is 1.95. The molecule has 0 spiro atoms. The average molecular weight is 289 g/mol. The van der Waals surface area contributed by atoms with Crippen LogP contribution in [0, 0.1) is 16.0 Å². The largest absolute Gasteiger partial charge is 0.380 e. The summed E-state index contributed by atoms with van der Waals surface area (Å²) in [5.74, 6) is 0.854. The molecule has 2 aliphatic carbocycles. The van der Waals surface area contributed by atoms with Crippen molar-refractivity contribution in [2.75, 3.05) is 18.4 Å². The van der Waals surface area contributed by atoms with Crippen LogP contribution in [0.2, 0.25) is 0 Å². The third-order valence-electron chi connectivity index (χ3n) is 4.31. The molecule has 2 fully saturated rings. The van der Waals surface area contributed by atoms with Crippen molar-refractivity contribution in [1.82, 2.24) is 4.90 Å². The maximum Gasteiger partial charge on any atom is 0.292 e. The molecule has 3 rings (SSSR count). The van der Waals surface area contributed by atoms with E-state index in [4.69, 9.17) is 0 Å². The summed E-state index contributed by atoms with van der Waals surface area (Å²) in [5, 5.41) is 14.4. The predicted octanol–water partition coefficient (Wildman–Crippen LogP) is 3.40. The summed E-state index contributed by atoms with van der Waals surface area (Å²) in [6.07, 6.45) is 5.24. The minimum Gasteiger partial charge on any atom is -0.380 e. The van der Waals surface area contributed by atoms with Crippen molar-refractivity contribution >= 4 is 11.4 Å².